The smallest absolute Gasteiger partial charge is 0.231 e. The predicted molar refractivity (Wildman–Crippen MR) is 57.0 cm³/mol. The standard InChI is InChI=1S/C10H13N3O2/c1-12-10(11)13-5-7-3-2-4-8-9(7)15-6-14-8/h2-4H,5-6H2,1H3,(H3,11,12,13). The number of aliphatic imine (C=N–C) groups is 1. The van der Waals surface area contributed by atoms with E-state index in [-0.39, 0.29) is 6.79 Å². The van der Waals surface area contributed by atoms with Gasteiger partial charge in [0, 0.05) is 19.2 Å². The molecule has 80 valence electrons. The number of para-hydroxylation sites is 1. The quantitative estimate of drug-likeness (QED) is 0.545. The zero-order chi connectivity index (χ0) is 10.7. The van der Waals surface area contributed by atoms with Crippen LogP contribution in [0, 0.1) is 0 Å². The molecule has 0 fully saturated rings. The van der Waals surface area contributed by atoms with Crippen LogP contribution in [0.4, 0.5) is 0 Å². The minimum absolute atomic E-state index is 0.281. The molecule has 0 saturated heterocycles. The van der Waals surface area contributed by atoms with Gasteiger partial charge in [0.2, 0.25) is 6.79 Å². The molecule has 1 aliphatic rings. The van der Waals surface area contributed by atoms with E-state index in [1.807, 2.05) is 18.2 Å². The van der Waals surface area contributed by atoms with Crippen LogP contribution >= 0.6 is 0 Å². The minimum Gasteiger partial charge on any atom is -0.454 e. The summed E-state index contributed by atoms with van der Waals surface area (Å²) < 4.78 is 10.6. The summed E-state index contributed by atoms with van der Waals surface area (Å²) in [5.74, 6) is 1.97. The maximum Gasteiger partial charge on any atom is 0.231 e. The van der Waals surface area contributed by atoms with E-state index >= 15 is 0 Å². The van der Waals surface area contributed by atoms with Crippen LogP contribution in [-0.2, 0) is 6.54 Å². The van der Waals surface area contributed by atoms with Crippen LogP contribution in [0.15, 0.2) is 23.2 Å². The van der Waals surface area contributed by atoms with Crippen LogP contribution in [0.2, 0.25) is 0 Å². The van der Waals surface area contributed by atoms with Gasteiger partial charge in [-0.25, -0.2) is 0 Å². The minimum atomic E-state index is 0.281. The molecular formula is C10H13N3O2. The Labute approximate surface area is 87.9 Å². The van der Waals surface area contributed by atoms with E-state index in [1.54, 1.807) is 7.05 Å². The second-order valence-electron chi connectivity index (χ2n) is 3.11. The average Bonchev–Trinajstić information content (AvgIpc) is 2.74. The second kappa shape index (κ2) is 4.08. The Morgan fingerprint density at radius 2 is 2.40 bits per heavy atom. The summed E-state index contributed by atoms with van der Waals surface area (Å²) in [5.41, 5.74) is 6.54. The molecule has 5 nitrogen and oxygen atoms in total. The van der Waals surface area contributed by atoms with Gasteiger partial charge in [-0.3, -0.25) is 4.99 Å². The highest BCUT2D eigenvalue weighted by Crippen LogP contribution is 2.34. The molecule has 1 aliphatic heterocycles. The normalized spacial score (nSPS) is 14.1. The molecule has 1 aromatic rings. The summed E-state index contributed by atoms with van der Waals surface area (Å²) in [6.07, 6.45) is 0. The molecule has 0 saturated carbocycles. The zero-order valence-corrected chi connectivity index (χ0v) is 8.49. The Balaban J connectivity index is 2.12. The number of guanidine groups is 1. The molecule has 0 unspecified atom stereocenters. The van der Waals surface area contributed by atoms with Gasteiger partial charge in [-0.2, -0.15) is 0 Å². The third-order valence-electron chi connectivity index (χ3n) is 2.18. The van der Waals surface area contributed by atoms with Crippen molar-refractivity contribution in [3.63, 3.8) is 0 Å². The van der Waals surface area contributed by atoms with Crippen molar-refractivity contribution in [3.05, 3.63) is 23.8 Å². The molecule has 0 spiro atoms. The van der Waals surface area contributed by atoms with Crippen LogP contribution < -0.4 is 20.5 Å². The summed E-state index contributed by atoms with van der Waals surface area (Å²) >= 11 is 0. The number of fused-ring (bicyclic) bond motifs is 1. The van der Waals surface area contributed by atoms with Gasteiger partial charge in [0.05, 0.1) is 0 Å². The first-order valence-corrected chi connectivity index (χ1v) is 4.65. The van der Waals surface area contributed by atoms with Crippen molar-refractivity contribution in [2.24, 2.45) is 10.7 Å². The summed E-state index contributed by atoms with van der Waals surface area (Å²) in [4.78, 5) is 3.81. The van der Waals surface area contributed by atoms with Crippen molar-refractivity contribution in [1.29, 1.82) is 0 Å². The van der Waals surface area contributed by atoms with Crippen molar-refractivity contribution < 1.29 is 9.47 Å². The van der Waals surface area contributed by atoms with E-state index in [2.05, 4.69) is 10.3 Å². The monoisotopic (exact) mass is 207 g/mol. The predicted octanol–water partition coefficient (Wildman–Crippen LogP) is 0.449. The number of benzene rings is 1. The molecule has 15 heavy (non-hydrogen) atoms. The van der Waals surface area contributed by atoms with Crippen LogP contribution in [0.25, 0.3) is 0 Å². The van der Waals surface area contributed by atoms with Crippen LogP contribution in [0.1, 0.15) is 5.56 Å². The zero-order valence-electron chi connectivity index (χ0n) is 8.49. The third kappa shape index (κ3) is 1.96. The van der Waals surface area contributed by atoms with Crippen molar-refractivity contribution in [2.45, 2.75) is 6.54 Å². The fourth-order valence-corrected chi connectivity index (χ4v) is 1.39. The Bertz CT molecular complexity index is 390. The number of hydrogen-bond donors (Lipinski definition) is 2. The van der Waals surface area contributed by atoms with Crippen molar-refractivity contribution in [2.75, 3.05) is 13.8 Å². The topological polar surface area (TPSA) is 68.9 Å². The molecule has 0 aliphatic carbocycles. The van der Waals surface area contributed by atoms with Gasteiger partial charge in [-0.15, -0.1) is 0 Å². The van der Waals surface area contributed by atoms with Crippen LogP contribution in [-0.4, -0.2) is 19.8 Å². The second-order valence-corrected chi connectivity index (χ2v) is 3.11. The molecule has 1 heterocycles. The molecule has 1 aromatic carbocycles. The number of nitrogens with one attached hydrogen (secondary N) is 1. The summed E-state index contributed by atoms with van der Waals surface area (Å²) in [6.45, 7) is 0.861. The van der Waals surface area contributed by atoms with Crippen molar-refractivity contribution >= 4 is 5.96 Å². The fraction of sp³-hybridized carbons (Fsp3) is 0.300. The lowest BCUT2D eigenvalue weighted by molar-refractivity contribution is 0.173. The highest BCUT2D eigenvalue weighted by molar-refractivity contribution is 5.77. The summed E-state index contributed by atoms with van der Waals surface area (Å²) in [5, 5.41) is 2.97. The average molecular weight is 207 g/mol. The van der Waals surface area contributed by atoms with Crippen LogP contribution in [0.3, 0.4) is 0 Å². The van der Waals surface area contributed by atoms with E-state index in [0.29, 0.717) is 12.5 Å². The molecule has 3 N–H and O–H groups in total. The van der Waals surface area contributed by atoms with Gasteiger partial charge < -0.3 is 20.5 Å². The van der Waals surface area contributed by atoms with Gasteiger partial charge in [0.15, 0.2) is 17.5 Å². The van der Waals surface area contributed by atoms with E-state index < -0.39 is 0 Å². The Morgan fingerprint density at radius 1 is 1.53 bits per heavy atom. The maximum absolute atomic E-state index is 5.53. The number of rotatable bonds is 2. The van der Waals surface area contributed by atoms with Gasteiger partial charge in [-0.1, -0.05) is 12.1 Å². The maximum atomic E-state index is 5.53. The Morgan fingerprint density at radius 3 is 3.20 bits per heavy atom. The third-order valence-corrected chi connectivity index (χ3v) is 2.18. The molecule has 0 bridgehead atoms. The van der Waals surface area contributed by atoms with E-state index in [4.69, 9.17) is 15.2 Å². The highest BCUT2D eigenvalue weighted by Gasteiger charge is 2.16. The first kappa shape index (κ1) is 9.64. The first-order valence-electron chi connectivity index (χ1n) is 4.65. The Hall–Kier alpha value is -1.91. The summed E-state index contributed by atoms with van der Waals surface area (Å²) in [6, 6.07) is 5.76. The van der Waals surface area contributed by atoms with E-state index in [0.717, 1.165) is 17.1 Å². The lowest BCUT2D eigenvalue weighted by Crippen LogP contribution is -2.30. The van der Waals surface area contributed by atoms with Crippen LogP contribution in [0.5, 0.6) is 11.5 Å². The van der Waals surface area contributed by atoms with Gasteiger partial charge >= 0.3 is 0 Å². The number of nitrogens with zero attached hydrogens (tertiary/aromatic N) is 1. The molecule has 2 rings (SSSR count). The lowest BCUT2D eigenvalue weighted by atomic mass is 10.2. The molecule has 0 amide bonds. The first-order chi connectivity index (χ1) is 7.31. The van der Waals surface area contributed by atoms with E-state index in [9.17, 15) is 0 Å². The molecule has 0 radical (unpaired) electrons. The number of nitrogens with two attached hydrogens (primary N) is 1. The lowest BCUT2D eigenvalue weighted by Gasteiger charge is -2.07. The Kier molecular flexibility index (Phi) is 2.62. The highest BCUT2D eigenvalue weighted by atomic mass is 16.7. The van der Waals surface area contributed by atoms with Gasteiger partial charge in [0.1, 0.15) is 0 Å². The van der Waals surface area contributed by atoms with Crippen molar-refractivity contribution in [3.8, 4) is 11.5 Å². The molecule has 5 heteroatoms. The van der Waals surface area contributed by atoms with Crippen molar-refractivity contribution in [1.82, 2.24) is 5.32 Å². The summed E-state index contributed by atoms with van der Waals surface area (Å²) in [7, 11) is 1.64. The largest absolute Gasteiger partial charge is 0.454 e. The number of ether oxygens (including phenoxy) is 2. The fourth-order valence-electron chi connectivity index (χ4n) is 1.39. The molecular weight excluding hydrogens is 194 g/mol. The van der Waals surface area contributed by atoms with E-state index in [1.165, 1.54) is 0 Å². The van der Waals surface area contributed by atoms with Gasteiger partial charge in [0.25, 0.3) is 0 Å². The number of hydrogen-bond acceptors (Lipinski definition) is 3. The molecule has 0 atom stereocenters. The van der Waals surface area contributed by atoms with Gasteiger partial charge in [-0.05, 0) is 6.07 Å². The molecule has 0 aromatic heterocycles. The SMILES string of the molecule is CN=C(N)NCc1cccc2c1OCO2.